The quantitative estimate of drug-likeness (QED) is 0.677. The Kier molecular flexibility index (Phi) is 5.04. The fourth-order valence-corrected chi connectivity index (χ4v) is 5.64. The van der Waals surface area contributed by atoms with Crippen molar-refractivity contribution in [1.29, 1.82) is 0 Å². The molecule has 5 heterocycles. The van der Waals surface area contributed by atoms with Crippen LogP contribution < -0.4 is 0 Å². The lowest BCUT2D eigenvalue weighted by atomic mass is 9.76. The van der Waals surface area contributed by atoms with E-state index >= 15 is 0 Å². The topological polar surface area (TPSA) is 90.0 Å². The maximum Gasteiger partial charge on any atom is 0.320 e. The van der Waals surface area contributed by atoms with Crippen LogP contribution in [0.2, 0.25) is 0 Å². The molecule has 4 amide bonds. The summed E-state index contributed by atoms with van der Waals surface area (Å²) in [6.45, 7) is 4.34. The Balaban J connectivity index is 1.19. The summed E-state index contributed by atoms with van der Waals surface area (Å²) in [6, 6.07) is 0.381. The second-order valence-corrected chi connectivity index (χ2v) is 8.92. The normalized spacial score (nSPS) is 28.9. The molecule has 4 saturated heterocycles. The molecule has 30 heavy (non-hydrogen) atoms. The van der Waals surface area contributed by atoms with Gasteiger partial charge in [-0.15, -0.1) is 0 Å². The fourth-order valence-electron chi connectivity index (χ4n) is 5.64. The smallest absolute Gasteiger partial charge is 0.320 e. The van der Waals surface area contributed by atoms with Crippen LogP contribution in [-0.2, 0) is 4.79 Å². The molecule has 0 aromatic carbocycles. The van der Waals surface area contributed by atoms with Crippen LogP contribution in [0, 0.1) is 11.8 Å². The van der Waals surface area contributed by atoms with E-state index in [0.717, 1.165) is 38.9 Å². The lowest BCUT2D eigenvalue weighted by Gasteiger charge is -2.53. The Morgan fingerprint density at radius 2 is 1.77 bits per heavy atom. The average Bonchev–Trinajstić information content (AvgIpc) is 2.79. The van der Waals surface area contributed by atoms with Gasteiger partial charge in [-0.1, -0.05) is 0 Å². The molecule has 4 aliphatic rings. The highest BCUT2D eigenvalue weighted by Gasteiger charge is 2.45. The number of fused-ring (bicyclic) bond motifs is 4. The summed E-state index contributed by atoms with van der Waals surface area (Å²) in [5, 5.41) is 0. The van der Waals surface area contributed by atoms with Crippen molar-refractivity contribution in [2.45, 2.75) is 31.7 Å². The summed E-state index contributed by atoms with van der Waals surface area (Å²) in [6.07, 6.45) is 8.37. The van der Waals surface area contributed by atoms with Crippen LogP contribution in [0.1, 0.15) is 36.2 Å². The SMILES string of the molecule is O=C(c1cnccn1)N1CCN(C(=O)N2CC3CC(C2)C2CCCC(=O)N2C3)CC1. The molecule has 0 saturated carbocycles. The van der Waals surface area contributed by atoms with E-state index in [1.54, 1.807) is 11.1 Å². The summed E-state index contributed by atoms with van der Waals surface area (Å²) in [5.74, 6) is 0.935. The number of amides is 4. The molecule has 3 atom stereocenters. The first-order valence-corrected chi connectivity index (χ1v) is 11.0. The summed E-state index contributed by atoms with van der Waals surface area (Å²) in [5.41, 5.74) is 0.340. The van der Waals surface area contributed by atoms with Crippen LogP contribution in [-0.4, -0.2) is 99.3 Å². The van der Waals surface area contributed by atoms with Crippen molar-refractivity contribution >= 4 is 17.8 Å². The molecule has 4 fully saturated rings. The number of carbonyl (C=O) groups is 3. The fraction of sp³-hybridized carbons (Fsp3) is 0.667. The van der Waals surface area contributed by atoms with Crippen LogP contribution in [0.5, 0.6) is 0 Å². The summed E-state index contributed by atoms with van der Waals surface area (Å²) in [4.78, 5) is 53.8. The number of piperazine rings is 1. The third kappa shape index (κ3) is 3.50. The van der Waals surface area contributed by atoms with Gasteiger partial charge in [-0.3, -0.25) is 14.6 Å². The zero-order chi connectivity index (χ0) is 20.7. The number of rotatable bonds is 1. The van der Waals surface area contributed by atoms with Crippen molar-refractivity contribution in [3.8, 4) is 0 Å². The second kappa shape index (κ2) is 7.85. The third-order valence-corrected chi connectivity index (χ3v) is 7.07. The van der Waals surface area contributed by atoms with Crippen LogP contribution in [0.25, 0.3) is 0 Å². The number of likely N-dealkylation sites (tertiary alicyclic amines) is 1. The largest absolute Gasteiger partial charge is 0.339 e. The van der Waals surface area contributed by atoms with Gasteiger partial charge in [0.25, 0.3) is 5.91 Å². The van der Waals surface area contributed by atoms with Gasteiger partial charge < -0.3 is 19.6 Å². The molecule has 9 nitrogen and oxygen atoms in total. The van der Waals surface area contributed by atoms with E-state index in [-0.39, 0.29) is 11.9 Å². The second-order valence-electron chi connectivity index (χ2n) is 8.92. The van der Waals surface area contributed by atoms with E-state index in [1.807, 2.05) is 9.80 Å². The van der Waals surface area contributed by atoms with Gasteiger partial charge >= 0.3 is 6.03 Å². The highest BCUT2D eigenvalue weighted by atomic mass is 16.2. The van der Waals surface area contributed by atoms with E-state index in [1.165, 1.54) is 12.4 Å². The molecule has 0 N–H and O–H groups in total. The molecule has 0 spiro atoms. The molecule has 1 aromatic heterocycles. The Morgan fingerprint density at radius 1 is 0.967 bits per heavy atom. The molecule has 2 bridgehead atoms. The monoisotopic (exact) mass is 412 g/mol. The first-order valence-electron chi connectivity index (χ1n) is 11.0. The van der Waals surface area contributed by atoms with Gasteiger partial charge in [0.2, 0.25) is 5.91 Å². The molecule has 160 valence electrons. The number of piperidine rings is 3. The van der Waals surface area contributed by atoms with Gasteiger partial charge in [-0.25, -0.2) is 9.78 Å². The van der Waals surface area contributed by atoms with Crippen LogP contribution in [0.15, 0.2) is 18.6 Å². The van der Waals surface area contributed by atoms with Crippen LogP contribution in [0.4, 0.5) is 4.79 Å². The minimum atomic E-state index is -0.134. The van der Waals surface area contributed by atoms with Crippen molar-refractivity contribution in [2.75, 3.05) is 45.8 Å². The zero-order valence-electron chi connectivity index (χ0n) is 17.2. The minimum absolute atomic E-state index is 0.0758. The van der Waals surface area contributed by atoms with E-state index in [0.29, 0.717) is 62.1 Å². The molecule has 9 heteroatoms. The van der Waals surface area contributed by atoms with Crippen LogP contribution in [0.3, 0.4) is 0 Å². The highest BCUT2D eigenvalue weighted by molar-refractivity contribution is 5.92. The molecule has 1 aromatic rings. The van der Waals surface area contributed by atoms with Gasteiger partial charge in [0.05, 0.1) is 6.20 Å². The average molecular weight is 412 g/mol. The maximum atomic E-state index is 13.2. The zero-order valence-corrected chi connectivity index (χ0v) is 17.2. The summed E-state index contributed by atoms with van der Waals surface area (Å²) in [7, 11) is 0. The summed E-state index contributed by atoms with van der Waals surface area (Å²) >= 11 is 0. The Hall–Kier alpha value is -2.71. The number of urea groups is 1. The van der Waals surface area contributed by atoms with E-state index in [9.17, 15) is 14.4 Å². The van der Waals surface area contributed by atoms with E-state index in [4.69, 9.17) is 0 Å². The Labute approximate surface area is 176 Å². The Morgan fingerprint density at radius 3 is 2.53 bits per heavy atom. The molecule has 5 rings (SSSR count). The summed E-state index contributed by atoms with van der Waals surface area (Å²) < 4.78 is 0. The highest BCUT2D eigenvalue weighted by Crippen LogP contribution is 2.38. The first kappa shape index (κ1) is 19.3. The number of nitrogens with zero attached hydrogens (tertiary/aromatic N) is 6. The predicted octanol–water partition coefficient (Wildman–Crippen LogP) is 0.687. The lowest BCUT2D eigenvalue weighted by molar-refractivity contribution is -0.144. The number of hydrogen-bond donors (Lipinski definition) is 0. The molecular formula is C21H28N6O3. The van der Waals surface area contributed by atoms with Gasteiger partial charge in [-0.2, -0.15) is 0 Å². The molecule has 0 radical (unpaired) electrons. The molecule has 3 unspecified atom stereocenters. The predicted molar refractivity (Wildman–Crippen MR) is 107 cm³/mol. The number of aromatic nitrogens is 2. The van der Waals surface area contributed by atoms with Gasteiger partial charge in [0.1, 0.15) is 5.69 Å². The number of hydrogen-bond acceptors (Lipinski definition) is 5. The standard InChI is InChI=1S/C21H28N6O3/c28-19-3-1-2-18-16-10-15(13-27(18)19)12-26(14-16)21(30)25-8-6-24(7-9-25)20(29)17-11-22-4-5-23-17/h4-5,11,15-16,18H,1-3,6-10,12-14H2. The molecule has 0 aliphatic carbocycles. The van der Waals surface area contributed by atoms with Crippen molar-refractivity contribution in [3.63, 3.8) is 0 Å². The van der Waals surface area contributed by atoms with Crippen molar-refractivity contribution in [2.24, 2.45) is 11.8 Å². The third-order valence-electron chi connectivity index (χ3n) is 7.07. The molecule has 4 aliphatic heterocycles. The van der Waals surface area contributed by atoms with Crippen LogP contribution >= 0.6 is 0 Å². The van der Waals surface area contributed by atoms with Gasteiger partial charge in [-0.05, 0) is 31.1 Å². The maximum absolute atomic E-state index is 13.2. The van der Waals surface area contributed by atoms with Crippen molar-refractivity contribution < 1.29 is 14.4 Å². The van der Waals surface area contributed by atoms with E-state index < -0.39 is 0 Å². The number of carbonyl (C=O) groups excluding carboxylic acids is 3. The Bertz CT molecular complexity index is 825. The first-order chi connectivity index (χ1) is 14.6. The van der Waals surface area contributed by atoms with E-state index in [2.05, 4.69) is 14.9 Å². The van der Waals surface area contributed by atoms with Gasteiger partial charge in [0.15, 0.2) is 0 Å². The van der Waals surface area contributed by atoms with Gasteiger partial charge in [0, 0.05) is 70.7 Å². The lowest BCUT2D eigenvalue weighted by Crippen LogP contribution is -2.63. The minimum Gasteiger partial charge on any atom is -0.339 e. The van der Waals surface area contributed by atoms with Crippen molar-refractivity contribution in [1.82, 2.24) is 29.6 Å². The van der Waals surface area contributed by atoms with Crippen molar-refractivity contribution in [3.05, 3.63) is 24.3 Å². The molecular weight excluding hydrogens is 384 g/mol.